The first kappa shape index (κ1) is 13.0. The minimum absolute atomic E-state index is 0.0498. The summed E-state index contributed by atoms with van der Waals surface area (Å²) in [6.45, 7) is 6.40. The van der Waals surface area contributed by atoms with E-state index in [-0.39, 0.29) is 6.04 Å². The lowest BCUT2D eigenvalue weighted by Gasteiger charge is -2.49. The molecule has 4 atom stereocenters. The van der Waals surface area contributed by atoms with E-state index < -0.39 is 0 Å². The normalized spacial score (nSPS) is 29.8. The largest absolute Gasteiger partial charge is 0.323 e. The lowest BCUT2D eigenvalue weighted by molar-refractivity contribution is 0.0745. The molecule has 0 radical (unpaired) electrons. The van der Waals surface area contributed by atoms with E-state index >= 15 is 0 Å². The van der Waals surface area contributed by atoms with Gasteiger partial charge in [-0.1, -0.05) is 30.4 Å². The van der Waals surface area contributed by atoms with Crippen molar-refractivity contribution in [3.63, 3.8) is 0 Å². The second kappa shape index (κ2) is 4.93. The molecule has 0 amide bonds. The Morgan fingerprint density at radius 2 is 2.14 bits per heavy atom. The highest BCUT2D eigenvalue weighted by atomic mass is 15.2. The van der Waals surface area contributed by atoms with Gasteiger partial charge in [0.2, 0.25) is 0 Å². The van der Waals surface area contributed by atoms with Crippen LogP contribution < -0.4 is 5.73 Å². The Kier molecular flexibility index (Phi) is 3.05. The maximum Gasteiger partial charge on any atom is 0.0705 e. The van der Waals surface area contributed by atoms with E-state index in [1.807, 2.05) is 12.3 Å². The molecular weight excluding hydrogens is 258 g/mol. The van der Waals surface area contributed by atoms with Gasteiger partial charge in [0.05, 0.1) is 5.52 Å². The second-order valence-electron chi connectivity index (χ2n) is 6.36. The first-order valence-corrected chi connectivity index (χ1v) is 7.75. The third-order valence-electron chi connectivity index (χ3n) is 5.20. The fourth-order valence-electron chi connectivity index (χ4n) is 3.99. The molecule has 1 aromatic heterocycles. The van der Waals surface area contributed by atoms with Crippen LogP contribution in [-0.4, -0.2) is 29.0 Å². The van der Waals surface area contributed by atoms with Crippen LogP contribution in [0.3, 0.4) is 0 Å². The average molecular weight is 279 g/mol. The molecule has 108 valence electrons. The minimum atomic E-state index is 0.0498. The molecule has 3 heteroatoms. The molecule has 3 nitrogen and oxygen atoms in total. The third-order valence-corrected chi connectivity index (χ3v) is 5.20. The number of nitrogens with zero attached hydrogens (tertiary/aromatic N) is 2. The summed E-state index contributed by atoms with van der Waals surface area (Å²) < 4.78 is 0. The van der Waals surface area contributed by atoms with Crippen LogP contribution in [0.2, 0.25) is 0 Å². The molecule has 3 aliphatic heterocycles. The Balaban J connectivity index is 1.71. The molecule has 3 saturated heterocycles. The van der Waals surface area contributed by atoms with Crippen molar-refractivity contribution in [3.8, 4) is 0 Å². The lowest BCUT2D eigenvalue weighted by Crippen LogP contribution is -2.53. The van der Waals surface area contributed by atoms with Crippen LogP contribution in [0.1, 0.15) is 24.4 Å². The number of piperidine rings is 3. The van der Waals surface area contributed by atoms with Crippen molar-refractivity contribution < 1.29 is 0 Å². The first-order valence-electron chi connectivity index (χ1n) is 7.75. The topological polar surface area (TPSA) is 42.1 Å². The van der Waals surface area contributed by atoms with Crippen LogP contribution >= 0.6 is 0 Å². The molecule has 4 heterocycles. The maximum atomic E-state index is 6.67. The zero-order valence-corrected chi connectivity index (χ0v) is 12.2. The molecule has 0 spiro atoms. The van der Waals surface area contributed by atoms with Gasteiger partial charge in [0.15, 0.2) is 0 Å². The van der Waals surface area contributed by atoms with E-state index in [4.69, 9.17) is 5.73 Å². The molecule has 0 saturated carbocycles. The summed E-state index contributed by atoms with van der Waals surface area (Å²) in [5.74, 6) is 0.666. The quantitative estimate of drug-likeness (QED) is 0.860. The van der Waals surface area contributed by atoms with Gasteiger partial charge in [0.25, 0.3) is 0 Å². The number of para-hydroxylation sites is 1. The molecule has 2 N–H and O–H groups in total. The lowest BCUT2D eigenvalue weighted by atomic mass is 9.77. The number of hydrogen-bond donors (Lipinski definition) is 1. The van der Waals surface area contributed by atoms with Crippen molar-refractivity contribution in [2.75, 3.05) is 13.1 Å². The van der Waals surface area contributed by atoms with Gasteiger partial charge in [0, 0.05) is 30.2 Å². The van der Waals surface area contributed by atoms with Crippen LogP contribution in [0.15, 0.2) is 48.7 Å². The average Bonchev–Trinajstić information content (AvgIpc) is 2.54. The summed E-state index contributed by atoms with van der Waals surface area (Å²) in [4.78, 5) is 6.96. The highest BCUT2D eigenvalue weighted by molar-refractivity contribution is 5.82. The van der Waals surface area contributed by atoms with E-state index in [9.17, 15) is 0 Å². The molecule has 21 heavy (non-hydrogen) atoms. The van der Waals surface area contributed by atoms with Gasteiger partial charge in [-0.15, -0.1) is 0 Å². The molecule has 3 fully saturated rings. The molecule has 2 bridgehead atoms. The molecule has 2 unspecified atom stereocenters. The van der Waals surface area contributed by atoms with Crippen LogP contribution in [0, 0.1) is 5.92 Å². The van der Waals surface area contributed by atoms with Crippen molar-refractivity contribution in [2.24, 2.45) is 11.7 Å². The van der Waals surface area contributed by atoms with Crippen LogP contribution in [0.5, 0.6) is 0 Å². The van der Waals surface area contributed by atoms with E-state index in [0.717, 1.165) is 25.0 Å². The summed E-state index contributed by atoms with van der Waals surface area (Å²) in [5, 5.41) is 1.19. The summed E-state index contributed by atoms with van der Waals surface area (Å²) in [5.41, 5.74) is 10.3. The fraction of sp³-hybridized carbons (Fsp3) is 0.389. The highest BCUT2D eigenvalue weighted by Gasteiger charge is 2.39. The van der Waals surface area contributed by atoms with Crippen molar-refractivity contribution >= 4 is 10.9 Å². The standard InChI is InChI=1S/C18H21N3/c1-12-11-21-9-7-13(12)10-17(21)18(19)15-6-8-20-16-5-3-2-4-14(15)16/h2-6,8,13,17-18H,1,7,9-11,19H2/t13?,17-,18+/m0/s1. The number of benzene rings is 1. The van der Waals surface area contributed by atoms with E-state index in [1.165, 1.54) is 22.9 Å². The number of nitrogens with two attached hydrogens (primary N) is 1. The van der Waals surface area contributed by atoms with E-state index in [1.54, 1.807) is 0 Å². The Labute approximate surface area is 125 Å². The smallest absolute Gasteiger partial charge is 0.0705 e. The Morgan fingerprint density at radius 3 is 2.90 bits per heavy atom. The van der Waals surface area contributed by atoms with Gasteiger partial charge in [-0.25, -0.2) is 0 Å². The van der Waals surface area contributed by atoms with Gasteiger partial charge < -0.3 is 5.73 Å². The molecule has 1 aromatic carbocycles. The van der Waals surface area contributed by atoms with Crippen LogP contribution in [-0.2, 0) is 0 Å². The number of aromatic nitrogens is 1. The van der Waals surface area contributed by atoms with E-state index in [2.05, 4.69) is 40.7 Å². The summed E-state index contributed by atoms with van der Waals surface area (Å²) in [7, 11) is 0. The number of rotatable bonds is 2. The van der Waals surface area contributed by atoms with Gasteiger partial charge >= 0.3 is 0 Å². The minimum Gasteiger partial charge on any atom is -0.323 e. The second-order valence-corrected chi connectivity index (χ2v) is 6.36. The zero-order chi connectivity index (χ0) is 14.4. The maximum absolute atomic E-state index is 6.67. The van der Waals surface area contributed by atoms with Crippen molar-refractivity contribution in [2.45, 2.75) is 24.9 Å². The summed E-state index contributed by atoms with van der Waals surface area (Å²) in [6.07, 6.45) is 4.28. The van der Waals surface area contributed by atoms with Crippen molar-refractivity contribution in [1.29, 1.82) is 0 Å². The monoisotopic (exact) mass is 279 g/mol. The van der Waals surface area contributed by atoms with Crippen molar-refractivity contribution in [1.82, 2.24) is 9.88 Å². The molecule has 3 aliphatic rings. The predicted octanol–water partition coefficient (Wildman–Crippen LogP) is 2.89. The van der Waals surface area contributed by atoms with Crippen LogP contribution in [0.4, 0.5) is 0 Å². The summed E-state index contributed by atoms with van der Waals surface area (Å²) in [6, 6.07) is 10.9. The number of pyridine rings is 1. The van der Waals surface area contributed by atoms with Gasteiger partial charge in [-0.05, 0) is 43.0 Å². The Bertz CT molecular complexity index is 688. The molecule has 5 rings (SSSR count). The fourth-order valence-corrected chi connectivity index (χ4v) is 3.99. The first-order chi connectivity index (χ1) is 10.2. The molecular formula is C18H21N3. The number of fused-ring (bicyclic) bond motifs is 4. The van der Waals surface area contributed by atoms with E-state index in [0.29, 0.717) is 12.0 Å². The third kappa shape index (κ3) is 2.08. The summed E-state index contributed by atoms with van der Waals surface area (Å²) >= 11 is 0. The van der Waals surface area contributed by atoms with Gasteiger partial charge in [0.1, 0.15) is 0 Å². The SMILES string of the molecule is C=C1CN2CCC1C[C@H]2[C@H](N)c1ccnc2ccccc12. The van der Waals surface area contributed by atoms with Gasteiger partial charge in [-0.3, -0.25) is 9.88 Å². The van der Waals surface area contributed by atoms with Crippen LogP contribution in [0.25, 0.3) is 10.9 Å². The zero-order valence-electron chi connectivity index (χ0n) is 12.2. The Hall–Kier alpha value is -1.71. The van der Waals surface area contributed by atoms with Crippen molar-refractivity contribution in [3.05, 3.63) is 54.2 Å². The Morgan fingerprint density at radius 1 is 1.29 bits per heavy atom. The molecule has 0 aliphatic carbocycles. The molecule has 2 aromatic rings. The predicted molar refractivity (Wildman–Crippen MR) is 85.9 cm³/mol. The number of hydrogen-bond acceptors (Lipinski definition) is 3. The highest BCUT2D eigenvalue weighted by Crippen LogP contribution is 2.39. The van der Waals surface area contributed by atoms with Gasteiger partial charge in [-0.2, -0.15) is 0 Å².